The monoisotopic (exact) mass is 314 g/mol. The van der Waals surface area contributed by atoms with Crippen LogP contribution >= 0.6 is 15.9 Å². The molecule has 1 aliphatic rings. The number of halogens is 1. The number of Topliss-reactive ketones (excluding diaryl/α,β-unsaturated/α-hetero) is 1. The second-order valence-corrected chi connectivity index (χ2v) is 5.80. The fraction of sp³-hybridized carbons (Fsp3) is 0.667. The smallest absolute Gasteiger partial charge is 0.195 e. The molecule has 5 nitrogen and oxygen atoms in total. The molecule has 18 heavy (non-hydrogen) atoms. The molecule has 0 amide bonds. The van der Waals surface area contributed by atoms with Gasteiger partial charge in [-0.25, -0.2) is 0 Å². The molecule has 0 saturated heterocycles. The van der Waals surface area contributed by atoms with Crippen molar-refractivity contribution in [2.75, 3.05) is 27.2 Å². The summed E-state index contributed by atoms with van der Waals surface area (Å²) in [6, 6.07) is 0.547. The zero-order valence-electron chi connectivity index (χ0n) is 10.8. The predicted molar refractivity (Wildman–Crippen MR) is 73.8 cm³/mol. The van der Waals surface area contributed by atoms with Crippen LogP contribution in [-0.4, -0.2) is 53.7 Å². The van der Waals surface area contributed by atoms with Crippen LogP contribution in [0.2, 0.25) is 0 Å². The number of likely N-dealkylation sites (N-methyl/N-ethyl adjacent to an activating group) is 1. The summed E-state index contributed by atoms with van der Waals surface area (Å²) in [4.78, 5) is 14.2. The van der Waals surface area contributed by atoms with E-state index in [2.05, 4.69) is 31.2 Å². The van der Waals surface area contributed by atoms with Gasteiger partial charge in [0.15, 0.2) is 5.78 Å². The van der Waals surface area contributed by atoms with Crippen molar-refractivity contribution in [1.82, 2.24) is 20.0 Å². The number of nitrogens with zero attached hydrogens (tertiary/aromatic N) is 3. The molecule has 0 spiro atoms. The van der Waals surface area contributed by atoms with E-state index in [9.17, 15) is 4.79 Å². The van der Waals surface area contributed by atoms with Crippen molar-refractivity contribution >= 4 is 21.7 Å². The van der Waals surface area contributed by atoms with Gasteiger partial charge in [0.05, 0.1) is 23.8 Å². The summed E-state index contributed by atoms with van der Waals surface area (Å²) in [5.74, 6) is 0.102. The minimum atomic E-state index is 0.102. The van der Waals surface area contributed by atoms with Gasteiger partial charge in [-0.15, -0.1) is 0 Å². The van der Waals surface area contributed by atoms with E-state index in [1.165, 1.54) is 12.8 Å². The Morgan fingerprint density at radius 3 is 2.94 bits per heavy atom. The molecule has 1 aliphatic carbocycles. The Kier molecular flexibility index (Phi) is 4.53. The Bertz CT molecular complexity index is 426. The Morgan fingerprint density at radius 2 is 2.33 bits per heavy atom. The van der Waals surface area contributed by atoms with Gasteiger partial charge in [0.2, 0.25) is 0 Å². The lowest BCUT2D eigenvalue weighted by Gasteiger charge is -2.12. The highest BCUT2D eigenvalue weighted by atomic mass is 79.9. The standard InChI is InChI=1S/C12H19BrN4O/c1-16(2)5-6-17-12(10(13)7-15-17)11(18)8-14-9-3-4-9/h7,9,14H,3-6,8H2,1-2H3. The molecular weight excluding hydrogens is 296 g/mol. The van der Waals surface area contributed by atoms with Gasteiger partial charge >= 0.3 is 0 Å². The lowest BCUT2D eigenvalue weighted by molar-refractivity contribution is 0.0978. The minimum Gasteiger partial charge on any atom is -0.308 e. The van der Waals surface area contributed by atoms with Crippen molar-refractivity contribution < 1.29 is 4.79 Å². The first kappa shape index (κ1) is 13.7. The average Bonchev–Trinajstić information content (AvgIpc) is 3.07. The van der Waals surface area contributed by atoms with E-state index in [1.807, 2.05) is 14.1 Å². The van der Waals surface area contributed by atoms with Gasteiger partial charge in [-0.3, -0.25) is 9.48 Å². The maximum absolute atomic E-state index is 12.2. The number of carbonyl (C=O) groups excluding carboxylic acids is 1. The number of rotatable bonds is 7. The molecule has 1 aromatic rings. The topological polar surface area (TPSA) is 50.2 Å². The van der Waals surface area contributed by atoms with Crippen LogP contribution in [0.3, 0.4) is 0 Å². The first-order valence-corrected chi connectivity index (χ1v) is 7.00. The normalized spacial score (nSPS) is 15.3. The van der Waals surface area contributed by atoms with Crippen molar-refractivity contribution in [3.63, 3.8) is 0 Å². The third-order valence-corrected chi connectivity index (χ3v) is 3.53. The Labute approximate surface area is 116 Å². The number of nitrogens with one attached hydrogen (secondary N) is 1. The van der Waals surface area contributed by atoms with Gasteiger partial charge in [0.1, 0.15) is 5.69 Å². The molecule has 1 saturated carbocycles. The number of hydrogen-bond donors (Lipinski definition) is 1. The van der Waals surface area contributed by atoms with Gasteiger partial charge in [-0.2, -0.15) is 5.10 Å². The quantitative estimate of drug-likeness (QED) is 0.767. The molecular formula is C12H19BrN4O. The average molecular weight is 315 g/mol. The van der Waals surface area contributed by atoms with Crippen molar-refractivity contribution in [1.29, 1.82) is 0 Å². The van der Waals surface area contributed by atoms with E-state index >= 15 is 0 Å². The van der Waals surface area contributed by atoms with E-state index in [1.54, 1.807) is 10.9 Å². The Balaban J connectivity index is 1.99. The summed E-state index contributed by atoms with van der Waals surface area (Å²) in [6.07, 6.45) is 4.07. The maximum Gasteiger partial charge on any atom is 0.195 e. The van der Waals surface area contributed by atoms with Crippen molar-refractivity contribution in [2.24, 2.45) is 0 Å². The van der Waals surface area contributed by atoms with E-state index in [-0.39, 0.29) is 5.78 Å². The van der Waals surface area contributed by atoms with Crippen LogP contribution in [0.15, 0.2) is 10.7 Å². The number of hydrogen-bond acceptors (Lipinski definition) is 4. The molecule has 1 N–H and O–H groups in total. The molecule has 1 fully saturated rings. The SMILES string of the molecule is CN(C)CCn1ncc(Br)c1C(=O)CNC1CC1. The van der Waals surface area contributed by atoms with Crippen LogP contribution in [0.4, 0.5) is 0 Å². The lowest BCUT2D eigenvalue weighted by atomic mass is 10.2. The summed E-state index contributed by atoms with van der Waals surface area (Å²) in [5, 5.41) is 7.49. The zero-order chi connectivity index (χ0) is 13.1. The van der Waals surface area contributed by atoms with Crippen molar-refractivity contribution in [2.45, 2.75) is 25.4 Å². The van der Waals surface area contributed by atoms with Crippen LogP contribution in [0.25, 0.3) is 0 Å². The predicted octanol–water partition coefficient (Wildman–Crippen LogP) is 1.14. The van der Waals surface area contributed by atoms with Gasteiger partial charge in [-0.05, 0) is 42.9 Å². The van der Waals surface area contributed by atoms with Crippen molar-refractivity contribution in [3.8, 4) is 0 Å². The molecule has 100 valence electrons. The third-order valence-electron chi connectivity index (χ3n) is 2.95. The van der Waals surface area contributed by atoms with Crippen LogP contribution in [0.1, 0.15) is 23.3 Å². The zero-order valence-corrected chi connectivity index (χ0v) is 12.4. The minimum absolute atomic E-state index is 0.102. The van der Waals surface area contributed by atoms with Crippen LogP contribution < -0.4 is 5.32 Å². The van der Waals surface area contributed by atoms with Gasteiger partial charge < -0.3 is 10.2 Å². The summed E-state index contributed by atoms with van der Waals surface area (Å²) >= 11 is 3.40. The molecule has 0 atom stereocenters. The molecule has 6 heteroatoms. The van der Waals surface area contributed by atoms with E-state index < -0.39 is 0 Å². The highest BCUT2D eigenvalue weighted by Crippen LogP contribution is 2.20. The van der Waals surface area contributed by atoms with Gasteiger partial charge in [0, 0.05) is 12.6 Å². The Morgan fingerprint density at radius 1 is 1.61 bits per heavy atom. The Hall–Kier alpha value is -0.720. The van der Waals surface area contributed by atoms with E-state index in [4.69, 9.17) is 0 Å². The molecule has 0 aromatic carbocycles. The molecule has 0 radical (unpaired) electrons. The highest BCUT2D eigenvalue weighted by Gasteiger charge is 2.23. The van der Waals surface area contributed by atoms with Crippen LogP contribution in [0, 0.1) is 0 Å². The second kappa shape index (κ2) is 5.95. The van der Waals surface area contributed by atoms with Crippen molar-refractivity contribution in [3.05, 3.63) is 16.4 Å². The second-order valence-electron chi connectivity index (χ2n) is 4.95. The summed E-state index contributed by atoms with van der Waals surface area (Å²) in [5.41, 5.74) is 0.671. The summed E-state index contributed by atoms with van der Waals surface area (Å²) in [7, 11) is 4.02. The largest absolute Gasteiger partial charge is 0.308 e. The first-order chi connectivity index (χ1) is 8.58. The van der Waals surface area contributed by atoms with E-state index in [0.29, 0.717) is 18.3 Å². The van der Waals surface area contributed by atoms with E-state index in [0.717, 1.165) is 17.6 Å². The number of ketones is 1. The van der Waals surface area contributed by atoms with Gasteiger partial charge in [0.25, 0.3) is 0 Å². The molecule has 1 heterocycles. The molecule has 0 aliphatic heterocycles. The maximum atomic E-state index is 12.2. The lowest BCUT2D eigenvalue weighted by Crippen LogP contribution is -2.28. The summed E-state index contributed by atoms with van der Waals surface area (Å²) in [6.45, 7) is 1.99. The van der Waals surface area contributed by atoms with Crippen LogP contribution in [0.5, 0.6) is 0 Å². The van der Waals surface area contributed by atoms with Crippen LogP contribution in [-0.2, 0) is 6.54 Å². The fourth-order valence-corrected chi connectivity index (χ4v) is 2.23. The summed E-state index contributed by atoms with van der Waals surface area (Å²) < 4.78 is 2.56. The first-order valence-electron chi connectivity index (χ1n) is 6.20. The molecule has 2 rings (SSSR count). The molecule has 1 aromatic heterocycles. The van der Waals surface area contributed by atoms with Gasteiger partial charge in [-0.1, -0.05) is 0 Å². The molecule has 0 bridgehead atoms. The molecule has 0 unspecified atom stereocenters. The fourth-order valence-electron chi connectivity index (χ4n) is 1.71. The highest BCUT2D eigenvalue weighted by molar-refractivity contribution is 9.10. The number of carbonyl (C=O) groups is 1. The number of aromatic nitrogens is 2. The third kappa shape index (κ3) is 3.63.